The van der Waals surface area contributed by atoms with E-state index >= 15 is 0 Å². The lowest BCUT2D eigenvalue weighted by Gasteiger charge is -2.20. The summed E-state index contributed by atoms with van der Waals surface area (Å²) in [6, 6.07) is 20.4. The zero-order valence-corrected chi connectivity index (χ0v) is 18.4. The molecular weight excluding hydrogens is 426 g/mol. The number of nitrogens with zero attached hydrogens (tertiary/aromatic N) is 2. The summed E-state index contributed by atoms with van der Waals surface area (Å²) >= 11 is 6.07. The number of ether oxygens (including phenoxy) is 1. The van der Waals surface area contributed by atoms with Crippen molar-refractivity contribution in [2.24, 2.45) is 5.10 Å². The van der Waals surface area contributed by atoms with Gasteiger partial charge in [-0.1, -0.05) is 58.2 Å². The van der Waals surface area contributed by atoms with Crippen molar-refractivity contribution in [2.45, 2.75) is 19.0 Å². The van der Waals surface area contributed by atoms with Crippen molar-refractivity contribution in [2.75, 3.05) is 7.11 Å². The summed E-state index contributed by atoms with van der Waals surface area (Å²) in [6.45, 7) is 1.91. The van der Waals surface area contributed by atoms with E-state index in [1.165, 1.54) is 0 Å². The zero-order chi connectivity index (χ0) is 22.7. The van der Waals surface area contributed by atoms with Crippen molar-refractivity contribution in [1.29, 1.82) is 0 Å². The SMILES string of the molecule is COc1ccccc1/C=[N+]1\N=C([O-])C(NC(=O)c2cccc(C)c2)C1c1ccc(Cl)cc1. The highest BCUT2D eigenvalue weighted by atomic mass is 35.5. The van der Waals surface area contributed by atoms with Crippen LogP contribution in [0.15, 0.2) is 77.9 Å². The minimum atomic E-state index is -0.866. The highest BCUT2D eigenvalue weighted by molar-refractivity contribution is 6.30. The molecule has 7 heteroatoms. The average molecular weight is 448 g/mol. The number of methoxy groups -OCH3 is 1. The van der Waals surface area contributed by atoms with Crippen LogP contribution in [-0.4, -0.2) is 35.9 Å². The standard InChI is InChI=1S/C25H22ClN3O3/c1-16-6-5-8-18(14-16)24(30)27-22-23(17-10-12-20(26)13-11-17)29(28-25(22)31)15-19-7-3-4-9-21(19)32-2/h3-15,22-23H,1-2H3,(H-,27,28,30,31)/b29-15-. The van der Waals surface area contributed by atoms with Crippen molar-refractivity contribution in [1.82, 2.24) is 5.32 Å². The third-order valence-corrected chi connectivity index (χ3v) is 5.52. The van der Waals surface area contributed by atoms with Gasteiger partial charge in [0.15, 0.2) is 0 Å². The van der Waals surface area contributed by atoms with E-state index in [0.29, 0.717) is 16.3 Å². The number of hydrazone groups is 1. The molecule has 1 amide bonds. The number of halogens is 1. The quantitative estimate of drug-likeness (QED) is 0.609. The molecule has 0 spiro atoms. The first-order chi connectivity index (χ1) is 15.5. The molecule has 0 aliphatic carbocycles. The highest BCUT2D eigenvalue weighted by Gasteiger charge is 2.41. The molecular formula is C25H22ClN3O3. The molecule has 1 aliphatic heterocycles. The first kappa shape index (κ1) is 21.6. The maximum atomic E-state index is 12.9. The lowest BCUT2D eigenvalue weighted by atomic mass is 9.99. The molecule has 1 aliphatic rings. The number of nitrogens with one attached hydrogen (secondary N) is 1. The van der Waals surface area contributed by atoms with E-state index < -0.39 is 18.0 Å². The van der Waals surface area contributed by atoms with E-state index in [1.54, 1.807) is 42.3 Å². The molecule has 0 aromatic heterocycles. The fourth-order valence-corrected chi connectivity index (χ4v) is 3.83. The van der Waals surface area contributed by atoms with Gasteiger partial charge in [-0.2, -0.15) is 0 Å². The smallest absolute Gasteiger partial charge is 0.252 e. The van der Waals surface area contributed by atoms with Gasteiger partial charge in [0.05, 0.1) is 18.6 Å². The van der Waals surface area contributed by atoms with Crippen LogP contribution < -0.4 is 15.2 Å². The third-order valence-electron chi connectivity index (χ3n) is 5.27. The molecule has 162 valence electrons. The summed E-state index contributed by atoms with van der Waals surface area (Å²) in [6.07, 6.45) is 1.74. The van der Waals surface area contributed by atoms with Gasteiger partial charge in [0, 0.05) is 16.1 Å². The summed E-state index contributed by atoms with van der Waals surface area (Å²) in [4.78, 5) is 12.9. The third kappa shape index (κ3) is 4.50. The normalized spacial score (nSPS) is 19.0. The number of hydrogen-bond acceptors (Lipinski definition) is 4. The number of aryl methyl sites for hydroxylation is 1. The van der Waals surface area contributed by atoms with Crippen LogP contribution in [0.25, 0.3) is 0 Å². The fraction of sp³-hybridized carbons (Fsp3) is 0.160. The van der Waals surface area contributed by atoms with Crippen LogP contribution in [0.4, 0.5) is 0 Å². The van der Waals surface area contributed by atoms with Crippen LogP contribution in [0, 0.1) is 6.92 Å². The predicted octanol–water partition coefficient (Wildman–Crippen LogP) is 3.32. The molecule has 3 aromatic rings. The highest BCUT2D eigenvalue weighted by Crippen LogP contribution is 2.29. The summed E-state index contributed by atoms with van der Waals surface area (Å²) in [5, 5.41) is 20.6. The number of hydrogen-bond donors (Lipinski definition) is 1. The van der Waals surface area contributed by atoms with Gasteiger partial charge in [-0.05, 0) is 48.4 Å². The Morgan fingerprint density at radius 1 is 1.12 bits per heavy atom. The molecule has 1 N–H and O–H groups in total. The van der Waals surface area contributed by atoms with Gasteiger partial charge in [-0.15, -0.1) is 0 Å². The van der Waals surface area contributed by atoms with Gasteiger partial charge in [-0.3, -0.25) is 4.79 Å². The molecule has 32 heavy (non-hydrogen) atoms. The van der Waals surface area contributed by atoms with Crippen LogP contribution in [0.2, 0.25) is 5.02 Å². The fourth-order valence-electron chi connectivity index (χ4n) is 3.71. The number of benzene rings is 3. The van der Waals surface area contributed by atoms with Crippen molar-refractivity contribution >= 4 is 29.6 Å². The monoisotopic (exact) mass is 447 g/mol. The summed E-state index contributed by atoms with van der Waals surface area (Å²) < 4.78 is 7.00. The molecule has 2 unspecified atom stereocenters. The second-order valence-electron chi connectivity index (χ2n) is 7.51. The van der Waals surface area contributed by atoms with Gasteiger partial charge in [0.2, 0.25) is 12.3 Å². The molecule has 2 atom stereocenters. The van der Waals surface area contributed by atoms with E-state index in [9.17, 15) is 9.90 Å². The second-order valence-corrected chi connectivity index (χ2v) is 7.94. The minimum absolute atomic E-state index is 0.333. The first-order valence-corrected chi connectivity index (χ1v) is 10.5. The maximum Gasteiger partial charge on any atom is 0.252 e. The molecule has 0 saturated heterocycles. The van der Waals surface area contributed by atoms with Gasteiger partial charge in [0.1, 0.15) is 11.8 Å². The van der Waals surface area contributed by atoms with Crippen molar-refractivity contribution in [3.8, 4) is 5.75 Å². The molecule has 0 fully saturated rings. The molecule has 6 nitrogen and oxygen atoms in total. The maximum absolute atomic E-state index is 12.9. The number of rotatable bonds is 5. The van der Waals surface area contributed by atoms with Crippen LogP contribution in [0.3, 0.4) is 0 Å². The van der Waals surface area contributed by atoms with Gasteiger partial charge < -0.3 is 15.2 Å². The van der Waals surface area contributed by atoms with E-state index in [2.05, 4.69) is 10.4 Å². The molecule has 3 aromatic carbocycles. The van der Waals surface area contributed by atoms with E-state index in [4.69, 9.17) is 16.3 Å². The Bertz CT molecular complexity index is 1210. The zero-order valence-electron chi connectivity index (χ0n) is 17.7. The largest absolute Gasteiger partial charge is 0.856 e. The van der Waals surface area contributed by atoms with Crippen LogP contribution in [0.5, 0.6) is 5.75 Å². The Morgan fingerprint density at radius 3 is 2.59 bits per heavy atom. The number of carbonyl (C=O) groups excluding carboxylic acids is 1. The summed E-state index contributed by atoms with van der Waals surface area (Å²) in [7, 11) is 1.58. The van der Waals surface area contributed by atoms with E-state index in [-0.39, 0.29) is 5.91 Å². The van der Waals surface area contributed by atoms with Gasteiger partial charge >= 0.3 is 0 Å². The van der Waals surface area contributed by atoms with Crippen molar-refractivity contribution in [3.05, 3.63) is 100 Å². The Morgan fingerprint density at radius 2 is 1.88 bits per heavy atom. The molecule has 1 heterocycles. The number of para-hydroxylation sites is 1. The van der Waals surface area contributed by atoms with Crippen LogP contribution >= 0.6 is 11.6 Å². The molecule has 0 saturated carbocycles. The average Bonchev–Trinajstić information content (AvgIpc) is 3.09. The lowest BCUT2D eigenvalue weighted by Crippen LogP contribution is -2.47. The minimum Gasteiger partial charge on any atom is -0.856 e. The topological polar surface area (TPSA) is 76.8 Å². The van der Waals surface area contributed by atoms with E-state index in [1.807, 2.05) is 55.5 Å². The molecule has 4 rings (SSSR count). The molecule has 0 radical (unpaired) electrons. The van der Waals surface area contributed by atoms with E-state index in [0.717, 1.165) is 16.7 Å². The Labute approximate surface area is 191 Å². The van der Waals surface area contributed by atoms with Gasteiger partial charge in [0.25, 0.3) is 5.91 Å². The van der Waals surface area contributed by atoms with Crippen LogP contribution in [0.1, 0.15) is 33.1 Å². The summed E-state index contributed by atoms with van der Waals surface area (Å²) in [5.74, 6) is -0.116. The van der Waals surface area contributed by atoms with Crippen molar-refractivity contribution in [3.63, 3.8) is 0 Å². The Balaban J connectivity index is 1.74. The molecule has 0 bridgehead atoms. The Kier molecular flexibility index (Phi) is 6.23. The van der Waals surface area contributed by atoms with Crippen LogP contribution in [-0.2, 0) is 0 Å². The summed E-state index contributed by atoms with van der Waals surface area (Å²) in [5.41, 5.74) is 3.00. The predicted molar refractivity (Wildman–Crippen MR) is 122 cm³/mol. The number of carbonyl (C=O) groups is 1. The Hall–Kier alpha value is -3.64. The second kappa shape index (κ2) is 9.24. The lowest BCUT2D eigenvalue weighted by molar-refractivity contribution is -0.565. The first-order valence-electron chi connectivity index (χ1n) is 10.1. The number of amides is 1. The van der Waals surface area contributed by atoms with Gasteiger partial charge in [-0.25, -0.2) is 0 Å². The van der Waals surface area contributed by atoms with Crippen molar-refractivity contribution < 1.29 is 19.3 Å².